The Morgan fingerprint density at radius 2 is 1.14 bits per heavy atom. The minimum atomic E-state index is -0.754. The van der Waals surface area contributed by atoms with Crippen LogP contribution in [0.25, 0.3) is 11.0 Å². The lowest BCUT2D eigenvalue weighted by Crippen LogP contribution is -2.38. The largest absolute Gasteiger partial charge is 0.234 e. The fourth-order valence-corrected chi connectivity index (χ4v) is 4.04. The van der Waals surface area contributed by atoms with Crippen molar-refractivity contribution in [1.29, 1.82) is 0 Å². The summed E-state index contributed by atoms with van der Waals surface area (Å²) in [5.41, 5.74) is 3.02. The molecule has 0 saturated heterocycles. The summed E-state index contributed by atoms with van der Waals surface area (Å²) in [4.78, 5) is 4.41. The molecule has 0 radical (unpaired) electrons. The molecular weight excluding hydrogens is 361 g/mol. The van der Waals surface area contributed by atoms with E-state index in [4.69, 9.17) is 5.10 Å². The van der Waals surface area contributed by atoms with Crippen molar-refractivity contribution in [3.63, 3.8) is 0 Å². The third kappa shape index (κ3) is 2.72. The number of aromatic nitrogens is 3. The van der Waals surface area contributed by atoms with Crippen molar-refractivity contribution in [2.45, 2.75) is 5.54 Å². The van der Waals surface area contributed by atoms with E-state index >= 15 is 0 Å². The predicted molar refractivity (Wildman–Crippen MR) is 112 cm³/mol. The van der Waals surface area contributed by atoms with Crippen LogP contribution in [0, 0.1) is 5.82 Å². The van der Waals surface area contributed by atoms with Crippen LogP contribution in [0.5, 0.6) is 0 Å². The van der Waals surface area contributed by atoms with Crippen molar-refractivity contribution in [2.24, 2.45) is 0 Å². The van der Waals surface area contributed by atoms with Crippen LogP contribution >= 0.6 is 0 Å². The van der Waals surface area contributed by atoms with E-state index < -0.39 is 5.54 Å². The van der Waals surface area contributed by atoms with Crippen molar-refractivity contribution in [3.8, 4) is 0 Å². The van der Waals surface area contributed by atoms with E-state index in [-0.39, 0.29) is 5.82 Å². The zero-order valence-corrected chi connectivity index (χ0v) is 15.6. The van der Waals surface area contributed by atoms with Crippen molar-refractivity contribution in [2.75, 3.05) is 0 Å². The molecule has 140 valence electrons. The molecule has 3 aromatic carbocycles. The van der Waals surface area contributed by atoms with Crippen molar-refractivity contribution in [1.82, 2.24) is 14.8 Å². The van der Waals surface area contributed by atoms with E-state index in [9.17, 15) is 4.39 Å². The van der Waals surface area contributed by atoms with Gasteiger partial charge in [0.05, 0.1) is 12.4 Å². The molecule has 29 heavy (non-hydrogen) atoms. The summed E-state index contributed by atoms with van der Waals surface area (Å²) < 4.78 is 15.7. The number of fused-ring (bicyclic) bond motifs is 1. The molecule has 4 heteroatoms. The van der Waals surface area contributed by atoms with Gasteiger partial charge in [0.1, 0.15) is 11.4 Å². The number of hydrogen-bond acceptors (Lipinski definition) is 2. The fourth-order valence-electron chi connectivity index (χ4n) is 4.04. The van der Waals surface area contributed by atoms with E-state index in [1.54, 1.807) is 6.20 Å². The van der Waals surface area contributed by atoms with Gasteiger partial charge < -0.3 is 0 Å². The maximum absolute atomic E-state index is 13.8. The molecule has 5 rings (SSSR count). The first kappa shape index (κ1) is 17.3. The highest BCUT2D eigenvalue weighted by Gasteiger charge is 2.40. The second-order valence-corrected chi connectivity index (χ2v) is 6.93. The summed E-state index contributed by atoms with van der Waals surface area (Å²) in [5.74, 6) is -0.373. The van der Waals surface area contributed by atoms with Crippen molar-refractivity contribution >= 4 is 11.0 Å². The molecule has 0 aliphatic carbocycles. The second-order valence-electron chi connectivity index (χ2n) is 6.93. The van der Waals surface area contributed by atoms with Gasteiger partial charge in [-0.05, 0) is 22.8 Å². The monoisotopic (exact) mass is 379 g/mol. The first-order valence-electron chi connectivity index (χ1n) is 9.46. The van der Waals surface area contributed by atoms with Gasteiger partial charge in [-0.25, -0.2) is 14.1 Å². The van der Waals surface area contributed by atoms with Crippen LogP contribution in [0.4, 0.5) is 4.39 Å². The van der Waals surface area contributed by atoms with E-state index in [2.05, 4.69) is 41.4 Å². The molecule has 2 aromatic heterocycles. The van der Waals surface area contributed by atoms with Gasteiger partial charge in [0.2, 0.25) is 0 Å². The molecule has 0 aliphatic heterocycles. The molecular formula is C25H18FN3. The quantitative estimate of drug-likeness (QED) is 0.391. The van der Waals surface area contributed by atoms with Crippen LogP contribution in [0.2, 0.25) is 0 Å². The molecule has 0 fully saturated rings. The normalized spacial score (nSPS) is 11.6. The summed E-state index contributed by atoms with van der Waals surface area (Å²) in [6.45, 7) is 0. The van der Waals surface area contributed by atoms with Crippen LogP contribution in [0.1, 0.15) is 16.7 Å². The Morgan fingerprint density at radius 1 is 0.655 bits per heavy atom. The minimum absolute atomic E-state index is 0.373. The SMILES string of the molecule is Fc1cnc2c(cnn2C(c2ccccc2)(c2ccccc2)c2ccccc2)c1. The van der Waals surface area contributed by atoms with Gasteiger partial charge in [-0.1, -0.05) is 91.0 Å². The maximum Gasteiger partial charge on any atom is 0.159 e. The average Bonchev–Trinajstić information content (AvgIpc) is 3.20. The first-order chi connectivity index (χ1) is 14.3. The Balaban J connectivity index is 1.95. The summed E-state index contributed by atoms with van der Waals surface area (Å²) in [5, 5.41) is 5.39. The van der Waals surface area contributed by atoms with Gasteiger partial charge >= 0.3 is 0 Å². The highest BCUT2D eigenvalue weighted by atomic mass is 19.1. The molecule has 0 atom stereocenters. The molecule has 0 spiro atoms. The van der Waals surface area contributed by atoms with Crippen LogP contribution < -0.4 is 0 Å². The Bertz CT molecular complexity index is 1150. The lowest BCUT2D eigenvalue weighted by atomic mass is 9.77. The molecule has 2 heterocycles. The van der Waals surface area contributed by atoms with Gasteiger partial charge in [0, 0.05) is 5.39 Å². The zero-order chi connectivity index (χ0) is 19.7. The summed E-state index contributed by atoms with van der Waals surface area (Å²) in [6, 6.07) is 32.2. The molecule has 0 aliphatic rings. The zero-order valence-electron chi connectivity index (χ0n) is 15.6. The molecule has 0 unspecified atom stereocenters. The van der Waals surface area contributed by atoms with Crippen LogP contribution in [-0.4, -0.2) is 14.8 Å². The molecule has 0 bridgehead atoms. The van der Waals surface area contributed by atoms with Gasteiger partial charge in [0.15, 0.2) is 5.65 Å². The average molecular weight is 379 g/mol. The molecule has 0 amide bonds. The summed E-state index contributed by atoms with van der Waals surface area (Å²) in [6.07, 6.45) is 2.92. The van der Waals surface area contributed by atoms with E-state index in [0.717, 1.165) is 16.7 Å². The Kier molecular flexibility index (Phi) is 4.17. The molecule has 3 nitrogen and oxygen atoms in total. The topological polar surface area (TPSA) is 30.7 Å². The standard InChI is InChI=1S/C25H18FN3/c26-23-16-19-17-28-29(24(19)27-18-23)25(20-10-4-1-5-11-20,21-12-6-2-7-13-21)22-14-8-3-9-15-22/h1-18H. The number of hydrogen-bond donors (Lipinski definition) is 0. The highest BCUT2D eigenvalue weighted by Crippen LogP contribution is 2.41. The maximum atomic E-state index is 13.8. The third-order valence-corrected chi connectivity index (χ3v) is 5.27. The van der Waals surface area contributed by atoms with Gasteiger partial charge in [0.25, 0.3) is 0 Å². The molecule has 0 saturated carbocycles. The first-order valence-corrected chi connectivity index (χ1v) is 9.46. The molecule has 5 aromatic rings. The van der Waals surface area contributed by atoms with Crippen LogP contribution in [-0.2, 0) is 5.54 Å². The number of pyridine rings is 1. The number of nitrogens with zero attached hydrogens (tertiary/aromatic N) is 3. The van der Waals surface area contributed by atoms with Gasteiger partial charge in [-0.15, -0.1) is 0 Å². The fraction of sp³-hybridized carbons (Fsp3) is 0.0400. The summed E-state index contributed by atoms with van der Waals surface area (Å²) >= 11 is 0. The van der Waals surface area contributed by atoms with E-state index in [1.807, 2.05) is 59.3 Å². The van der Waals surface area contributed by atoms with Gasteiger partial charge in [-0.2, -0.15) is 5.10 Å². The van der Waals surface area contributed by atoms with Crippen LogP contribution in [0.3, 0.4) is 0 Å². The minimum Gasteiger partial charge on any atom is -0.234 e. The Hall–Kier alpha value is -3.79. The molecule has 0 N–H and O–H groups in total. The lowest BCUT2D eigenvalue weighted by molar-refractivity contribution is 0.472. The second kappa shape index (κ2) is 6.99. The smallest absolute Gasteiger partial charge is 0.159 e. The van der Waals surface area contributed by atoms with Gasteiger partial charge in [-0.3, -0.25) is 0 Å². The Morgan fingerprint density at radius 3 is 1.62 bits per heavy atom. The number of halogens is 1. The third-order valence-electron chi connectivity index (χ3n) is 5.27. The van der Waals surface area contributed by atoms with E-state index in [1.165, 1.54) is 12.3 Å². The van der Waals surface area contributed by atoms with E-state index in [0.29, 0.717) is 11.0 Å². The van der Waals surface area contributed by atoms with Crippen LogP contribution in [0.15, 0.2) is 109 Å². The number of benzene rings is 3. The highest BCUT2D eigenvalue weighted by molar-refractivity contribution is 5.75. The number of rotatable bonds is 4. The predicted octanol–water partition coefficient (Wildman–Crippen LogP) is 5.41. The Labute approximate surface area is 168 Å². The van der Waals surface area contributed by atoms with Crippen molar-refractivity contribution < 1.29 is 4.39 Å². The lowest BCUT2D eigenvalue weighted by Gasteiger charge is -2.36. The summed E-state index contributed by atoms with van der Waals surface area (Å²) in [7, 11) is 0. The van der Waals surface area contributed by atoms with Crippen molar-refractivity contribution in [3.05, 3.63) is 132 Å².